The Balaban J connectivity index is 1.95. The van der Waals surface area contributed by atoms with Gasteiger partial charge in [0.05, 0.1) is 5.75 Å². The third-order valence-corrected chi connectivity index (χ3v) is 2.78. The van der Waals surface area contributed by atoms with Crippen molar-refractivity contribution in [1.82, 2.24) is 10.9 Å². The maximum atomic E-state index is 11.7. The lowest BCUT2D eigenvalue weighted by atomic mass is 10.2. The first-order valence-corrected chi connectivity index (χ1v) is 6.58. The number of ether oxygens (including phenoxy) is 2. The van der Waals surface area contributed by atoms with E-state index >= 15 is 0 Å². The number of hydrazine groups is 1. The molecule has 1 heterocycles. The number of benzene rings is 1. The number of carbonyl (C=O) groups excluding carboxylic acids is 2. The quantitative estimate of drug-likeness (QED) is 0.782. The average molecular weight is 268 g/mol. The minimum absolute atomic E-state index is 0.158. The van der Waals surface area contributed by atoms with E-state index in [9.17, 15) is 9.59 Å². The minimum Gasteiger partial charge on any atom is -0.454 e. The Hall–Kier alpha value is -1.89. The molecular weight excluding hydrogens is 256 g/mol. The molecular formula is C11H12N2O4S. The molecule has 18 heavy (non-hydrogen) atoms. The van der Waals surface area contributed by atoms with Crippen molar-refractivity contribution in [2.45, 2.75) is 0 Å². The molecule has 0 saturated carbocycles. The third-order valence-electron chi connectivity index (χ3n) is 2.23. The number of rotatable bonds is 3. The first-order valence-electron chi connectivity index (χ1n) is 5.18. The minimum atomic E-state index is -0.400. The van der Waals surface area contributed by atoms with Gasteiger partial charge < -0.3 is 9.47 Å². The van der Waals surface area contributed by atoms with Crippen molar-refractivity contribution in [3.8, 4) is 11.5 Å². The van der Waals surface area contributed by atoms with Crippen LogP contribution in [0.1, 0.15) is 10.4 Å². The molecule has 0 saturated heterocycles. The van der Waals surface area contributed by atoms with Gasteiger partial charge in [-0.1, -0.05) is 0 Å². The van der Waals surface area contributed by atoms with E-state index < -0.39 is 5.91 Å². The van der Waals surface area contributed by atoms with E-state index in [1.165, 1.54) is 11.8 Å². The van der Waals surface area contributed by atoms with Crippen molar-refractivity contribution in [1.29, 1.82) is 0 Å². The molecule has 1 aliphatic heterocycles. The predicted molar refractivity (Wildman–Crippen MR) is 66.6 cm³/mol. The number of nitrogens with one attached hydrogen (secondary N) is 2. The Morgan fingerprint density at radius 3 is 2.83 bits per heavy atom. The second-order valence-electron chi connectivity index (χ2n) is 3.50. The zero-order chi connectivity index (χ0) is 13.0. The monoisotopic (exact) mass is 268 g/mol. The maximum Gasteiger partial charge on any atom is 0.269 e. The van der Waals surface area contributed by atoms with Crippen LogP contribution in [0.5, 0.6) is 11.5 Å². The molecule has 7 heteroatoms. The molecule has 96 valence electrons. The summed E-state index contributed by atoms with van der Waals surface area (Å²) in [5, 5.41) is 0. The predicted octanol–water partition coefficient (Wildman–Crippen LogP) is 0.539. The Labute approximate surface area is 108 Å². The molecule has 0 unspecified atom stereocenters. The second-order valence-corrected chi connectivity index (χ2v) is 4.37. The van der Waals surface area contributed by atoms with Crippen molar-refractivity contribution >= 4 is 23.6 Å². The van der Waals surface area contributed by atoms with Gasteiger partial charge in [-0.15, -0.1) is 0 Å². The fourth-order valence-corrected chi connectivity index (χ4v) is 1.74. The molecule has 0 aliphatic carbocycles. The topological polar surface area (TPSA) is 76.7 Å². The van der Waals surface area contributed by atoms with Gasteiger partial charge in [-0.25, -0.2) is 0 Å². The number of thioether (sulfide) groups is 1. The average Bonchev–Trinajstić information content (AvgIpc) is 2.83. The lowest BCUT2D eigenvalue weighted by Gasteiger charge is -2.07. The first kappa shape index (κ1) is 12.6. The highest BCUT2D eigenvalue weighted by Gasteiger charge is 2.16. The van der Waals surface area contributed by atoms with Crippen LogP contribution in [-0.4, -0.2) is 30.6 Å². The zero-order valence-corrected chi connectivity index (χ0v) is 10.5. The van der Waals surface area contributed by atoms with Crippen LogP contribution in [0.25, 0.3) is 0 Å². The molecule has 0 aromatic heterocycles. The van der Waals surface area contributed by atoms with E-state index in [0.29, 0.717) is 22.8 Å². The molecule has 0 radical (unpaired) electrons. The van der Waals surface area contributed by atoms with Crippen LogP contribution in [0.4, 0.5) is 0 Å². The molecule has 0 bridgehead atoms. The van der Waals surface area contributed by atoms with Gasteiger partial charge in [0.25, 0.3) is 5.91 Å². The van der Waals surface area contributed by atoms with Gasteiger partial charge in [0.15, 0.2) is 11.5 Å². The van der Waals surface area contributed by atoms with E-state index in [1.807, 2.05) is 0 Å². The smallest absolute Gasteiger partial charge is 0.269 e. The van der Waals surface area contributed by atoms with E-state index in [2.05, 4.69) is 10.9 Å². The van der Waals surface area contributed by atoms with Crippen molar-refractivity contribution in [2.24, 2.45) is 0 Å². The molecule has 2 rings (SSSR count). The van der Waals surface area contributed by atoms with Crippen molar-refractivity contribution in [3.05, 3.63) is 23.8 Å². The van der Waals surface area contributed by atoms with Crippen LogP contribution in [0, 0.1) is 0 Å². The van der Waals surface area contributed by atoms with Gasteiger partial charge in [-0.2, -0.15) is 11.8 Å². The van der Waals surface area contributed by atoms with Gasteiger partial charge in [0, 0.05) is 5.56 Å². The Kier molecular flexibility index (Phi) is 3.93. The van der Waals surface area contributed by atoms with Crippen molar-refractivity contribution < 1.29 is 19.1 Å². The number of hydrogen-bond acceptors (Lipinski definition) is 5. The molecule has 1 aromatic rings. The summed E-state index contributed by atoms with van der Waals surface area (Å²) in [5.41, 5.74) is 5.04. The summed E-state index contributed by atoms with van der Waals surface area (Å²) in [6, 6.07) is 4.82. The molecule has 0 atom stereocenters. The van der Waals surface area contributed by atoms with E-state index in [0.717, 1.165) is 0 Å². The number of amides is 2. The molecule has 0 fully saturated rings. The van der Waals surface area contributed by atoms with E-state index in [-0.39, 0.29) is 12.7 Å². The van der Waals surface area contributed by atoms with Crippen LogP contribution in [0.3, 0.4) is 0 Å². The lowest BCUT2D eigenvalue weighted by Crippen LogP contribution is -2.42. The molecule has 0 spiro atoms. The van der Waals surface area contributed by atoms with E-state index in [4.69, 9.17) is 9.47 Å². The van der Waals surface area contributed by atoms with Crippen LogP contribution in [0.15, 0.2) is 18.2 Å². The van der Waals surface area contributed by atoms with Gasteiger partial charge in [0.2, 0.25) is 12.7 Å². The summed E-state index contributed by atoms with van der Waals surface area (Å²) in [7, 11) is 0. The van der Waals surface area contributed by atoms with Crippen LogP contribution < -0.4 is 20.3 Å². The molecule has 6 nitrogen and oxygen atoms in total. The first-order chi connectivity index (χ1) is 8.70. The SMILES string of the molecule is CSCC(=O)NNC(=O)c1ccc2c(c1)OCO2. The molecule has 1 aliphatic rings. The molecule has 2 amide bonds. The normalized spacial score (nSPS) is 12.1. The summed E-state index contributed by atoms with van der Waals surface area (Å²) < 4.78 is 10.3. The van der Waals surface area contributed by atoms with Crippen LogP contribution in [-0.2, 0) is 4.79 Å². The Morgan fingerprint density at radius 1 is 1.28 bits per heavy atom. The van der Waals surface area contributed by atoms with Crippen molar-refractivity contribution in [2.75, 3.05) is 18.8 Å². The Bertz CT molecular complexity index is 478. The molecule has 1 aromatic carbocycles. The summed E-state index contributed by atoms with van der Waals surface area (Å²) in [6.07, 6.45) is 1.80. The largest absolute Gasteiger partial charge is 0.454 e. The number of carbonyl (C=O) groups is 2. The number of fused-ring (bicyclic) bond motifs is 1. The fourth-order valence-electron chi connectivity index (χ4n) is 1.40. The van der Waals surface area contributed by atoms with Gasteiger partial charge >= 0.3 is 0 Å². The van der Waals surface area contributed by atoms with Crippen molar-refractivity contribution in [3.63, 3.8) is 0 Å². The summed E-state index contributed by atoms with van der Waals surface area (Å²) in [5.74, 6) is 0.775. The highest BCUT2D eigenvalue weighted by Crippen LogP contribution is 2.32. The summed E-state index contributed by atoms with van der Waals surface area (Å²) in [6.45, 7) is 0.158. The zero-order valence-electron chi connectivity index (χ0n) is 9.69. The lowest BCUT2D eigenvalue weighted by molar-refractivity contribution is -0.119. The maximum absolute atomic E-state index is 11.7. The van der Waals surface area contributed by atoms with E-state index in [1.54, 1.807) is 24.5 Å². The fraction of sp³-hybridized carbons (Fsp3) is 0.273. The van der Waals surface area contributed by atoms with Crippen LogP contribution in [0.2, 0.25) is 0 Å². The van der Waals surface area contributed by atoms with Gasteiger partial charge in [-0.05, 0) is 24.5 Å². The highest BCUT2D eigenvalue weighted by atomic mass is 32.2. The van der Waals surface area contributed by atoms with Gasteiger partial charge in [-0.3, -0.25) is 20.4 Å². The Morgan fingerprint density at radius 2 is 2.06 bits per heavy atom. The van der Waals surface area contributed by atoms with Gasteiger partial charge in [0.1, 0.15) is 0 Å². The third kappa shape index (κ3) is 2.86. The summed E-state index contributed by atoms with van der Waals surface area (Å²) in [4.78, 5) is 22.9. The highest BCUT2D eigenvalue weighted by molar-refractivity contribution is 7.99. The summed E-state index contributed by atoms with van der Waals surface area (Å²) >= 11 is 1.37. The van der Waals surface area contributed by atoms with Crippen LogP contribution >= 0.6 is 11.8 Å². The second kappa shape index (κ2) is 5.63. The number of hydrogen-bond donors (Lipinski definition) is 2. The molecule has 2 N–H and O–H groups in total. The standard InChI is InChI=1S/C11H12N2O4S/c1-18-5-10(14)12-13-11(15)7-2-3-8-9(4-7)17-6-16-8/h2-4H,5-6H2,1H3,(H,12,14)(H,13,15).